The van der Waals surface area contributed by atoms with Crippen LogP contribution in [0.4, 0.5) is 11.6 Å². The fourth-order valence-electron chi connectivity index (χ4n) is 1.21. The fraction of sp³-hybridized carbons (Fsp3) is 0.0909. The Kier molecular flexibility index (Phi) is 3.25. The number of carbonyl (C=O) groups excluding carboxylic acids is 1. The number of carbonyl (C=O) groups is 1. The van der Waals surface area contributed by atoms with Crippen molar-refractivity contribution in [3.05, 3.63) is 42.5 Å². The molecule has 2 aromatic heterocycles. The molecule has 0 radical (unpaired) electrons. The molecule has 0 spiro atoms. The molecule has 0 bridgehead atoms. The van der Waals surface area contributed by atoms with E-state index >= 15 is 0 Å². The lowest BCUT2D eigenvalue weighted by molar-refractivity contribution is 0.102. The molecule has 0 saturated carbocycles. The smallest absolute Gasteiger partial charge is 0.276 e. The topological polar surface area (TPSA) is 79.8 Å². The number of hydrogen-bond donors (Lipinski definition) is 2. The van der Waals surface area contributed by atoms with Gasteiger partial charge in [0.25, 0.3) is 5.91 Å². The maximum absolute atomic E-state index is 11.7. The van der Waals surface area contributed by atoms with Crippen LogP contribution in [0.15, 0.2) is 36.8 Å². The summed E-state index contributed by atoms with van der Waals surface area (Å²) in [5, 5.41) is 5.48. The molecule has 0 aromatic carbocycles. The monoisotopic (exact) mass is 229 g/mol. The van der Waals surface area contributed by atoms with Gasteiger partial charge in [-0.25, -0.2) is 15.0 Å². The number of amides is 1. The number of pyridine rings is 1. The third-order valence-electron chi connectivity index (χ3n) is 2.08. The van der Waals surface area contributed by atoms with Gasteiger partial charge in [0.2, 0.25) is 5.95 Å². The number of rotatable bonds is 3. The zero-order chi connectivity index (χ0) is 12.1. The van der Waals surface area contributed by atoms with Crippen LogP contribution in [-0.2, 0) is 0 Å². The molecule has 6 heteroatoms. The van der Waals surface area contributed by atoms with Crippen LogP contribution in [0.2, 0.25) is 0 Å². The van der Waals surface area contributed by atoms with Crippen LogP contribution in [0.3, 0.4) is 0 Å². The number of hydrogen-bond acceptors (Lipinski definition) is 5. The van der Waals surface area contributed by atoms with E-state index in [1.807, 2.05) is 0 Å². The summed E-state index contributed by atoms with van der Waals surface area (Å²) in [6, 6.07) is 5.08. The van der Waals surface area contributed by atoms with Crippen molar-refractivity contribution in [2.24, 2.45) is 0 Å². The van der Waals surface area contributed by atoms with Crippen LogP contribution in [-0.4, -0.2) is 27.9 Å². The first-order chi connectivity index (χ1) is 8.29. The first kappa shape index (κ1) is 11.0. The first-order valence-corrected chi connectivity index (χ1v) is 5.02. The lowest BCUT2D eigenvalue weighted by Gasteiger charge is -2.03. The second-order valence-corrected chi connectivity index (χ2v) is 3.21. The summed E-state index contributed by atoms with van der Waals surface area (Å²) in [7, 11) is 1.79. The van der Waals surface area contributed by atoms with Crippen LogP contribution in [0.1, 0.15) is 10.5 Å². The number of nitrogens with zero attached hydrogens (tertiary/aromatic N) is 3. The zero-order valence-corrected chi connectivity index (χ0v) is 9.21. The van der Waals surface area contributed by atoms with Gasteiger partial charge < -0.3 is 5.32 Å². The average molecular weight is 229 g/mol. The van der Waals surface area contributed by atoms with Gasteiger partial charge in [0.05, 0.1) is 11.9 Å². The van der Waals surface area contributed by atoms with Crippen molar-refractivity contribution in [3.63, 3.8) is 0 Å². The van der Waals surface area contributed by atoms with E-state index < -0.39 is 0 Å². The Labute approximate surface area is 98.1 Å². The summed E-state index contributed by atoms with van der Waals surface area (Å²) in [6.45, 7) is 0. The molecule has 1 amide bonds. The van der Waals surface area contributed by atoms with Crippen LogP contribution in [0, 0.1) is 0 Å². The van der Waals surface area contributed by atoms with Gasteiger partial charge in [-0.1, -0.05) is 0 Å². The molecule has 0 aliphatic heterocycles. The van der Waals surface area contributed by atoms with Gasteiger partial charge in [0, 0.05) is 19.4 Å². The molecule has 86 valence electrons. The van der Waals surface area contributed by atoms with Gasteiger partial charge in [-0.05, 0) is 18.2 Å². The summed E-state index contributed by atoms with van der Waals surface area (Å²) in [5.41, 5.74) is 1.16. The molecule has 2 aromatic rings. The minimum absolute atomic E-state index is 0.261. The van der Waals surface area contributed by atoms with Crippen LogP contribution >= 0.6 is 0 Å². The lowest BCUT2D eigenvalue weighted by atomic mass is 10.3. The molecule has 2 rings (SSSR count). The normalized spacial score (nSPS) is 9.71. The quantitative estimate of drug-likeness (QED) is 0.825. The summed E-state index contributed by atoms with van der Waals surface area (Å²) < 4.78 is 0. The Morgan fingerprint density at radius 2 is 1.94 bits per heavy atom. The van der Waals surface area contributed by atoms with Gasteiger partial charge in [-0.3, -0.25) is 10.1 Å². The highest BCUT2D eigenvalue weighted by Gasteiger charge is 2.08. The Balaban J connectivity index is 2.09. The predicted octanol–water partition coefficient (Wildman–Crippen LogP) is 1.17. The molecule has 0 aliphatic carbocycles. The molecule has 17 heavy (non-hydrogen) atoms. The largest absolute Gasteiger partial charge is 0.387 e. The Morgan fingerprint density at radius 3 is 2.53 bits per heavy atom. The van der Waals surface area contributed by atoms with Gasteiger partial charge >= 0.3 is 0 Å². The van der Waals surface area contributed by atoms with Crippen molar-refractivity contribution in [2.45, 2.75) is 0 Å². The van der Waals surface area contributed by atoms with Gasteiger partial charge in [-0.2, -0.15) is 0 Å². The summed E-state index contributed by atoms with van der Waals surface area (Å²) in [6.07, 6.45) is 4.70. The standard InChI is InChI=1S/C11H11N5O/c1-12-8-3-4-9(15-7-8)10(17)16-11-13-5-2-6-14-11/h2-7,12H,1H3,(H,13,14,16,17). The van der Waals surface area contributed by atoms with Crippen molar-refractivity contribution in [2.75, 3.05) is 17.7 Å². The highest BCUT2D eigenvalue weighted by Crippen LogP contribution is 2.06. The van der Waals surface area contributed by atoms with E-state index in [1.165, 1.54) is 0 Å². The van der Waals surface area contributed by atoms with Gasteiger partial charge in [0.15, 0.2) is 0 Å². The van der Waals surface area contributed by atoms with Crippen molar-refractivity contribution in [1.29, 1.82) is 0 Å². The number of aromatic nitrogens is 3. The molecule has 0 fully saturated rings. The van der Waals surface area contributed by atoms with Crippen molar-refractivity contribution in [1.82, 2.24) is 15.0 Å². The summed E-state index contributed by atoms with van der Waals surface area (Å²) in [5.74, 6) is -0.0733. The van der Waals surface area contributed by atoms with E-state index in [0.717, 1.165) is 5.69 Å². The lowest BCUT2D eigenvalue weighted by Crippen LogP contribution is -2.15. The molecule has 2 N–H and O–H groups in total. The zero-order valence-electron chi connectivity index (χ0n) is 9.21. The maximum Gasteiger partial charge on any atom is 0.276 e. The van der Waals surface area contributed by atoms with E-state index in [0.29, 0.717) is 5.69 Å². The van der Waals surface area contributed by atoms with E-state index in [2.05, 4.69) is 25.6 Å². The minimum atomic E-state index is -0.334. The van der Waals surface area contributed by atoms with Crippen molar-refractivity contribution < 1.29 is 4.79 Å². The number of nitrogens with one attached hydrogen (secondary N) is 2. The Morgan fingerprint density at radius 1 is 1.18 bits per heavy atom. The molecule has 0 atom stereocenters. The summed E-state index contributed by atoms with van der Waals surface area (Å²) >= 11 is 0. The van der Waals surface area contributed by atoms with Crippen LogP contribution < -0.4 is 10.6 Å². The molecule has 0 unspecified atom stereocenters. The second-order valence-electron chi connectivity index (χ2n) is 3.21. The molecule has 6 nitrogen and oxygen atoms in total. The SMILES string of the molecule is CNc1ccc(C(=O)Nc2ncccn2)nc1. The Hall–Kier alpha value is -2.50. The maximum atomic E-state index is 11.7. The highest BCUT2D eigenvalue weighted by atomic mass is 16.2. The van der Waals surface area contributed by atoms with Crippen LogP contribution in [0.5, 0.6) is 0 Å². The fourth-order valence-corrected chi connectivity index (χ4v) is 1.21. The van der Waals surface area contributed by atoms with Crippen LogP contribution in [0.25, 0.3) is 0 Å². The molecular weight excluding hydrogens is 218 g/mol. The highest BCUT2D eigenvalue weighted by molar-refractivity contribution is 6.01. The van der Waals surface area contributed by atoms with Crippen molar-refractivity contribution in [3.8, 4) is 0 Å². The molecule has 0 aliphatic rings. The third-order valence-corrected chi connectivity index (χ3v) is 2.08. The van der Waals surface area contributed by atoms with E-state index in [-0.39, 0.29) is 11.9 Å². The Bertz CT molecular complexity index is 497. The summed E-state index contributed by atoms with van der Waals surface area (Å²) in [4.78, 5) is 23.5. The molecule has 0 saturated heterocycles. The van der Waals surface area contributed by atoms with Gasteiger partial charge in [0.1, 0.15) is 5.69 Å². The second kappa shape index (κ2) is 5.02. The average Bonchev–Trinajstić information content (AvgIpc) is 2.40. The van der Waals surface area contributed by atoms with E-state index in [9.17, 15) is 4.79 Å². The van der Waals surface area contributed by atoms with Gasteiger partial charge in [-0.15, -0.1) is 0 Å². The molecule has 2 heterocycles. The number of anilines is 2. The predicted molar refractivity (Wildman–Crippen MR) is 63.8 cm³/mol. The molecular formula is C11H11N5O. The third kappa shape index (κ3) is 2.75. The van der Waals surface area contributed by atoms with Crippen molar-refractivity contribution >= 4 is 17.5 Å². The minimum Gasteiger partial charge on any atom is -0.387 e. The van der Waals surface area contributed by atoms with E-state index in [1.54, 1.807) is 43.8 Å². The first-order valence-electron chi connectivity index (χ1n) is 5.02. The van der Waals surface area contributed by atoms with E-state index in [4.69, 9.17) is 0 Å².